The molecule has 0 saturated carbocycles. The monoisotopic (exact) mass is 346 g/mol. The molecule has 2 rings (SSSR count). The highest BCUT2D eigenvalue weighted by atomic mass is 35.5. The van der Waals surface area contributed by atoms with E-state index in [0.717, 1.165) is 16.8 Å². The molecule has 126 valence electrons. The number of anilines is 1. The third kappa shape index (κ3) is 4.99. The van der Waals surface area contributed by atoms with Crippen molar-refractivity contribution in [2.45, 2.75) is 13.8 Å². The first-order chi connectivity index (χ1) is 11.5. The number of amides is 2. The van der Waals surface area contributed by atoms with Crippen LogP contribution in [0.4, 0.5) is 5.69 Å². The third-order valence-corrected chi connectivity index (χ3v) is 3.70. The molecule has 0 atom stereocenters. The number of nitrogens with one attached hydrogen (secondary N) is 2. The van der Waals surface area contributed by atoms with Crippen LogP contribution in [-0.4, -0.2) is 25.0 Å². The van der Waals surface area contributed by atoms with Gasteiger partial charge in [0, 0.05) is 5.69 Å². The highest BCUT2D eigenvalue weighted by molar-refractivity contribution is 6.32. The fraction of sp³-hybridized carbons (Fsp3) is 0.222. The molecule has 0 aliphatic rings. The van der Waals surface area contributed by atoms with E-state index < -0.39 is 5.91 Å². The summed E-state index contributed by atoms with van der Waals surface area (Å²) >= 11 is 5.93. The van der Waals surface area contributed by atoms with Crippen molar-refractivity contribution in [2.75, 3.05) is 18.5 Å². The molecule has 0 heterocycles. The predicted molar refractivity (Wildman–Crippen MR) is 94.5 cm³/mol. The van der Waals surface area contributed by atoms with Gasteiger partial charge in [-0.1, -0.05) is 41.9 Å². The van der Waals surface area contributed by atoms with Crippen molar-refractivity contribution in [3.63, 3.8) is 0 Å². The quantitative estimate of drug-likeness (QED) is 0.844. The maximum atomic E-state index is 12.0. The Morgan fingerprint density at radius 3 is 2.33 bits per heavy atom. The molecule has 0 aliphatic carbocycles. The van der Waals surface area contributed by atoms with Gasteiger partial charge in [-0.25, -0.2) is 0 Å². The second-order valence-corrected chi connectivity index (χ2v) is 5.72. The van der Waals surface area contributed by atoms with Gasteiger partial charge in [-0.2, -0.15) is 0 Å². The highest BCUT2D eigenvalue weighted by Crippen LogP contribution is 2.22. The number of halogens is 1. The zero-order chi connectivity index (χ0) is 17.5. The van der Waals surface area contributed by atoms with Gasteiger partial charge in [0.2, 0.25) is 5.91 Å². The van der Waals surface area contributed by atoms with E-state index in [9.17, 15) is 9.59 Å². The van der Waals surface area contributed by atoms with E-state index in [-0.39, 0.29) is 19.1 Å². The van der Waals surface area contributed by atoms with E-state index in [1.807, 2.05) is 32.0 Å². The second kappa shape index (κ2) is 8.36. The average Bonchev–Trinajstić information content (AvgIpc) is 2.56. The van der Waals surface area contributed by atoms with Gasteiger partial charge in [0.1, 0.15) is 5.75 Å². The van der Waals surface area contributed by atoms with Gasteiger partial charge in [-0.15, -0.1) is 0 Å². The van der Waals surface area contributed by atoms with Crippen molar-refractivity contribution >= 4 is 29.1 Å². The van der Waals surface area contributed by atoms with Crippen LogP contribution in [0.5, 0.6) is 5.75 Å². The predicted octanol–water partition coefficient (Wildman–Crippen LogP) is 3.09. The summed E-state index contributed by atoms with van der Waals surface area (Å²) in [7, 11) is 0. The summed E-state index contributed by atoms with van der Waals surface area (Å²) in [5.74, 6) is -0.264. The van der Waals surface area contributed by atoms with Gasteiger partial charge in [0.05, 0.1) is 11.6 Å². The molecule has 0 aliphatic heterocycles. The number of ether oxygens (including phenoxy) is 1. The molecule has 24 heavy (non-hydrogen) atoms. The van der Waals surface area contributed by atoms with Crippen molar-refractivity contribution in [2.24, 2.45) is 0 Å². The number of rotatable bonds is 6. The van der Waals surface area contributed by atoms with Crippen LogP contribution in [0.1, 0.15) is 11.1 Å². The first-order valence-electron chi connectivity index (χ1n) is 7.47. The zero-order valence-electron chi connectivity index (χ0n) is 13.6. The molecule has 5 nitrogen and oxygen atoms in total. The van der Waals surface area contributed by atoms with Crippen LogP contribution in [0.25, 0.3) is 0 Å². The van der Waals surface area contributed by atoms with Crippen molar-refractivity contribution < 1.29 is 14.3 Å². The van der Waals surface area contributed by atoms with E-state index in [2.05, 4.69) is 10.6 Å². The van der Waals surface area contributed by atoms with Gasteiger partial charge < -0.3 is 15.4 Å². The molecule has 0 aromatic heterocycles. The van der Waals surface area contributed by atoms with E-state index in [4.69, 9.17) is 16.3 Å². The van der Waals surface area contributed by atoms with Crippen LogP contribution >= 0.6 is 11.6 Å². The fourth-order valence-electron chi connectivity index (χ4n) is 2.13. The molecule has 0 spiro atoms. The molecule has 6 heteroatoms. The van der Waals surface area contributed by atoms with Crippen molar-refractivity contribution in [1.82, 2.24) is 5.32 Å². The van der Waals surface area contributed by atoms with Gasteiger partial charge in [-0.3, -0.25) is 9.59 Å². The van der Waals surface area contributed by atoms with Gasteiger partial charge in [0.25, 0.3) is 5.91 Å². The van der Waals surface area contributed by atoms with E-state index in [1.165, 1.54) is 0 Å². The minimum atomic E-state index is -0.397. The summed E-state index contributed by atoms with van der Waals surface area (Å²) in [5, 5.41) is 5.74. The molecule has 2 N–H and O–H groups in total. The number of carbonyl (C=O) groups is 2. The smallest absolute Gasteiger partial charge is 0.258 e. The van der Waals surface area contributed by atoms with Gasteiger partial charge in [-0.05, 0) is 37.1 Å². The molecule has 0 bridgehead atoms. The Morgan fingerprint density at radius 1 is 1.00 bits per heavy atom. The highest BCUT2D eigenvalue weighted by Gasteiger charge is 2.10. The van der Waals surface area contributed by atoms with Gasteiger partial charge in [0.15, 0.2) is 6.61 Å². The van der Waals surface area contributed by atoms with Gasteiger partial charge >= 0.3 is 0 Å². The fourth-order valence-corrected chi connectivity index (χ4v) is 2.32. The normalized spacial score (nSPS) is 10.1. The number of benzene rings is 2. The molecule has 0 fully saturated rings. The lowest BCUT2D eigenvalue weighted by Gasteiger charge is -2.12. The summed E-state index contributed by atoms with van der Waals surface area (Å²) < 4.78 is 5.31. The first-order valence-corrected chi connectivity index (χ1v) is 7.85. The second-order valence-electron chi connectivity index (χ2n) is 5.31. The third-order valence-electron chi connectivity index (χ3n) is 3.39. The SMILES string of the molecule is Cc1cccc(C)c1NC(=O)CNC(=O)COc1ccccc1Cl. The Bertz CT molecular complexity index is 727. The summed E-state index contributed by atoms with van der Waals surface area (Å²) in [5.41, 5.74) is 2.71. The Labute approximate surface area is 146 Å². The standard InChI is InChI=1S/C18H19ClN2O3/c1-12-6-5-7-13(2)18(12)21-16(22)10-20-17(23)11-24-15-9-4-3-8-14(15)19/h3-9H,10-11H2,1-2H3,(H,20,23)(H,21,22). The number of carbonyl (C=O) groups excluding carboxylic acids is 2. The summed E-state index contributed by atoms with van der Waals surface area (Å²) in [6, 6.07) is 12.6. The molecule has 0 unspecified atom stereocenters. The summed E-state index contributed by atoms with van der Waals surface area (Å²) in [6.07, 6.45) is 0. The largest absolute Gasteiger partial charge is 0.482 e. The maximum Gasteiger partial charge on any atom is 0.258 e. The van der Waals surface area contributed by atoms with Crippen LogP contribution in [-0.2, 0) is 9.59 Å². The van der Waals surface area contributed by atoms with Crippen molar-refractivity contribution in [3.05, 3.63) is 58.6 Å². The lowest BCUT2D eigenvalue weighted by molar-refractivity contribution is -0.125. The number of hydrogen-bond donors (Lipinski definition) is 2. The maximum absolute atomic E-state index is 12.0. The van der Waals surface area contributed by atoms with E-state index >= 15 is 0 Å². The minimum Gasteiger partial charge on any atom is -0.482 e. The molecular formula is C18H19ClN2O3. The van der Waals surface area contributed by atoms with Crippen LogP contribution in [0, 0.1) is 13.8 Å². The minimum absolute atomic E-state index is 0.126. The Morgan fingerprint density at radius 2 is 1.67 bits per heavy atom. The average molecular weight is 347 g/mol. The molecule has 0 radical (unpaired) electrons. The first kappa shape index (κ1) is 17.8. The number of aryl methyl sites for hydroxylation is 2. The summed E-state index contributed by atoms with van der Waals surface area (Å²) in [6.45, 7) is 3.50. The Hall–Kier alpha value is -2.53. The Balaban J connectivity index is 1.79. The van der Waals surface area contributed by atoms with Crippen LogP contribution in [0.15, 0.2) is 42.5 Å². The summed E-state index contributed by atoms with van der Waals surface area (Å²) in [4.78, 5) is 23.7. The Kier molecular flexibility index (Phi) is 6.21. The lowest BCUT2D eigenvalue weighted by atomic mass is 10.1. The van der Waals surface area contributed by atoms with E-state index in [1.54, 1.807) is 24.3 Å². The van der Waals surface area contributed by atoms with Crippen molar-refractivity contribution in [1.29, 1.82) is 0 Å². The molecular weight excluding hydrogens is 328 g/mol. The lowest BCUT2D eigenvalue weighted by Crippen LogP contribution is -2.36. The van der Waals surface area contributed by atoms with Crippen LogP contribution < -0.4 is 15.4 Å². The van der Waals surface area contributed by atoms with E-state index in [0.29, 0.717) is 10.8 Å². The molecule has 2 aromatic carbocycles. The molecule has 0 saturated heterocycles. The molecule has 2 amide bonds. The zero-order valence-corrected chi connectivity index (χ0v) is 14.3. The number of hydrogen-bond acceptors (Lipinski definition) is 3. The molecule has 2 aromatic rings. The van der Waals surface area contributed by atoms with Crippen LogP contribution in [0.3, 0.4) is 0 Å². The van der Waals surface area contributed by atoms with Crippen LogP contribution in [0.2, 0.25) is 5.02 Å². The number of para-hydroxylation sites is 2. The van der Waals surface area contributed by atoms with Crippen molar-refractivity contribution in [3.8, 4) is 5.75 Å². The topological polar surface area (TPSA) is 67.4 Å².